The molecule has 1 aliphatic heterocycles. The Labute approximate surface area is 186 Å². The maximum absolute atomic E-state index is 12.7. The molecule has 0 N–H and O–H groups in total. The van der Waals surface area contributed by atoms with Crippen LogP contribution in [0, 0.1) is 11.3 Å². The van der Waals surface area contributed by atoms with Crippen LogP contribution >= 0.6 is 0 Å². The second-order valence-electron chi connectivity index (χ2n) is 7.47. The molecule has 1 aliphatic rings. The summed E-state index contributed by atoms with van der Waals surface area (Å²) in [5.74, 6) is 1.70. The Morgan fingerprint density at radius 3 is 2.66 bits per heavy atom. The van der Waals surface area contributed by atoms with Crippen molar-refractivity contribution in [3.8, 4) is 23.2 Å². The van der Waals surface area contributed by atoms with E-state index in [2.05, 4.69) is 26.1 Å². The number of ether oxygens (including phenoxy) is 1. The van der Waals surface area contributed by atoms with Crippen molar-refractivity contribution < 1.29 is 14.1 Å². The molecule has 0 spiro atoms. The minimum absolute atomic E-state index is 0.0451. The molecule has 9 heteroatoms. The van der Waals surface area contributed by atoms with Gasteiger partial charge in [0.05, 0.1) is 13.2 Å². The average Bonchev–Trinajstić information content (AvgIpc) is 3.33. The molecule has 0 saturated carbocycles. The molecular formula is C23H24N6O3. The number of hydrogen-bond donors (Lipinski definition) is 0. The zero-order chi connectivity index (χ0) is 22.3. The maximum atomic E-state index is 12.7. The molecule has 0 radical (unpaired) electrons. The lowest BCUT2D eigenvalue weighted by molar-refractivity contribution is -0.133. The number of hydrogen-bond acceptors (Lipinski definition) is 8. The summed E-state index contributed by atoms with van der Waals surface area (Å²) in [6, 6.07) is 13.2. The van der Waals surface area contributed by atoms with E-state index in [0.717, 1.165) is 16.9 Å². The van der Waals surface area contributed by atoms with Crippen LogP contribution in [0.15, 0.2) is 53.3 Å². The summed E-state index contributed by atoms with van der Waals surface area (Å²) in [5.41, 5.74) is 1.70. The van der Waals surface area contributed by atoms with E-state index in [9.17, 15) is 10.1 Å². The Morgan fingerprint density at radius 1 is 1.22 bits per heavy atom. The van der Waals surface area contributed by atoms with E-state index >= 15 is 0 Å². The van der Waals surface area contributed by atoms with Crippen LogP contribution in [0.4, 0.5) is 0 Å². The van der Waals surface area contributed by atoms with Crippen LogP contribution < -0.4 is 4.74 Å². The number of rotatable bonds is 7. The highest BCUT2D eigenvalue weighted by atomic mass is 16.5. The van der Waals surface area contributed by atoms with Crippen molar-refractivity contribution in [1.29, 1.82) is 5.26 Å². The molecule has 32 heavy (non-hydrogen) atoms. The second-order valence-corrected chi connectivity index (χ2v) is 7.47. The van der Waals surface area contributed by atoms with Gasteiger partial charge in [-0.1, -0.05) is 17.3 Å². The minimum atomic E-state index is -0.345. The number of nitrogens with zero attached hydrogens (tertiary/aromatic N) is 6. The standard InChI is InChI=1S/C23H24N6O3/c1-31-19-6-4-17(5-7-19)20(15-24)28-11-13-29(14-12-28)22(30)9-8-21-26-23(27-32-21)18-3-2-10-25-16-18/h2-7,10,16,20H,8-9,11-14H2,1H3. The van der Waals surface area contributed by atoms with E-state index in [1.807, 2.05) is 35.2 Å². The van der Waals surface area contributed by atoms with Crippen molar-refractivity contribution in [3.05, 3.63) is 60.2 Å². The molecule has 2 aromatic heterocycles. The van der Waals surface area contributed by atoms with E-state index in [1.165, 1.54) is 0 Å². The van der Waals surface area contributed by atoms with Gasteiger partial charge < -0.3 is 14.2 Å². The quantitative estimate of drug-likeness (QED) is 0.560. The molecule has 1 atom stereocenters. The van der Waals surface area contributed by atoms with Crippen LogP contribution in [0.1, 0.15) is 23.9 Å². The van der Waals surface area contributed by atoms with Crippen LogP contribution in [0.25, 0.3) is 11.4 Å². The number of nitriles is 1. The number of carbonyl (C=O) groups is 1. The van der Waals surface area contributed by atoms with Crippen molar-refractivity contribution in [2.24, 2.45) is 0 Å². The van der Waals surface area contributed by atoms with Crippen LogP contribution in [-0.4, -0.2) is 64.1 Å². The summed E-state index contributed by atoms with van der Waals surface area (Å²) in [7, 11) is 1.62. The Hall–Kier alpha value is -3.77. The molecule has 164 valence electrons. The smallest absolute Gasteiger partial charge is 0.227 e. The van der Waals surface area contributed by atoms with E-state index < -0.39 is 0 Å². The predicted molar refractivity (Wildman–Crippen MR) is 115 cm³/mol. The summed E-state index contributed by atoms with van der Waals surface area (Å²) in [6.45, 7) is 2.44. The number of benzene rings is 1. The van der Waals surface area contributed by atoms with Crippen molar-refractivity contribution in [3.63, 3.8) is 0 Å². The molecular weight excluding hydrogens is 408 g/mol. The topological polar surface area (TPSA) is 108 Å². The molecule has 9 nitrogen and oxygen atoms in total. The fourth-order valence-electron chi connectivity index (χ4n) is 3.72. The fourth-order valence-corrected chi connectivity index (χ4v) is 3.72. The molecule has 1 amide bonds. The van der Waals surface area contributed by atoms with Crippen LogP contribution in [0.5, 0.6) is 5.75 Å². The zero-order valence-electron chi connectivity index (χ0n) is 17.8. The summed E-state index contributed by atoms with van der Waals surface area (Å²) in [6.07, 6.45) is 4.03. The Balaban J connectivity index is 1.28. The number of methoxy groups -OCH3 is 1. The van der Waals surface area contributed by atoms with Crippen molar-refractivity contribution >= 4 is 5.91 Å². The van der Waals surface area contributed by atoms with E-state index in [-0.39, 0.29) is 11.9 Å². The van der Waals surface area contributed by atoms with Crippen molar-refractivity contribution in [2.45, 2.75) is 18.9 Å². The summed E-state index contributed by atoms with van der Waals surface area (Å²) in [5, 5.41) is 13.7. The molecule has 1 fully saturated rings. The molecule has 1 unspecified atom stereocenters. The van der Waals surface area contributed by atoms with Gasteiger partial charge in [0, 0.05) is 57.0 Å². The van der Waals surface area contributed by atoms with Gasteiger partial charge in [-0.15, -0.1) is 0 Å². The van der Waals surface area contributed by atoms with Gasteiger partial charge in [-0.05, 0) is 29.8 Å². The van der Waals surface area contributed by atoms with Gasteiger partial charge in [-0.3, -0.25) is 14.7 Å². The van der Waals surface area contributed by atoms with Gasteiger partial charge >= 0.3 is 0 Å². The SMILES string of the molecule is COc1ccc(C(C#N)N2CCN(C(=O)CCc3nc(-c4cccnc4)no3)CC2)cc1. The maximum Gasteiger partial charge on any atom is 0.227 e. The second kappa shape index (κ2) is 10.0. The number of piperazine rings is 1. The van der Waals surface area contributed by atoms with Gasteiger partial charge in [-0.2, -0.15) is 10.2 Å². The first-order valence-electron chi connectivity index (χ1n) is 10.5. The summed E-state index contributed by atoms with van der Waals surface area (Å²) < 4.78 is 10.5. The molecule has 3 aromatic rings. The Kier molecular flexibility index (Phi) is 6.72. The zero-order valence-corrected chi connectivity index (χ0v) is 17.8. The van der Waals surface area contributed by atoms with Crippen molar-refractivity contribution in [2.75, 3.05) is 33.3 Å². The van der Waals surface area contributed by atoms with Gasteiger partial charge in [0.25, 0.3) is 0 Å². The van der Waals surface area contributed by atoms with Crippen LogP contribution in [-0.2, 0) is 11.2 Å². The van der Waals surface area contributed by atoms with Gasteiger partial charge in [-0.25, -0.2) is 0 Å². The van der Waals surface area contributed by atoms with E-state index in [1.54, 1.807) is 25.6 Å². The van der Waals surface area contributed by atoms with Gasteiger partial charge in [0.15, 0.2) is 0 Å². The minimum Gasteiger partial charge on any atom is -0.497 e. The first-order chi connectivity index (χ1) is 15.7. The van der Waals surface area contributed by atoms with E-state index in [0.29, 0.717) is 50.7 Å². The third kappa shape index (κ3) is 4.92. The van der Waals surface area contributed by atoms with Crippen LogP contribution in [0.3, 0.4) is 0 Å². The first-order valence-corrected chi connectivity index (χ1v) is 10.5. The largest absolute Gasteiger partial charge is 0.497 e. The lowest BCUT2D eigenvalue weighted by Gasteiger charge is -2.37. The molecule has 3 heterocycles. The predicted octanol–water partition coefficient (Wildman–Crippen LogP) is 2.48. The lowest BCUT2D eigenvalue weighted by atomic mass is 10.1. The highest BCUT2D eigenvalue weighted by Gasteiger charge is 2.27. The van der Waals surface area contributed by atoms with Gasteiger partial charge in [0.2, 0.25) is 17.6 Å². The molecule has 0 aliphatic carbocycles. The molecule has 1 saturated heterocycles. The normalized spacial score (nSPS) is 15.2. The lowest BCUT2D eigenvalue weighted by Crippen LogP contribution is -2.49. The monoisotopic (exact) mass is 432 g/mol. The van der Waals surface area contributed by atoms with E-state index in [4.69, 9.17) is 9.26 Å². The molecule has 0 bridgehead atoms. The number of carbonyl (C=O) groups excluding carboxylic acids is 1. The Bertz CT molecular complexity index is 1070. The van der Waals surface area contributed by atoms with Gasteiger partial charge in [0.1, 0.15) is 11.8 Å². The number of pyridine rings is 1. The highest BCUT2D eigenvalue weighted by molar-refractivity contribution is 5.76. The summed E-state index contributed by atoms with van der Waals surface area (Å²) in [4.78, 5) is 25.0. The highest BCUT2D eigenvalue weighted by Crippen LogP contribution is 2.24. The number of aryl methyl sites for hydroxylation is 1. The fraction of sp³-hybridized carbons (Fsp3) is 0.348. The third-order valence-electron chi connectivity index (χ3n) is 5.53. The average molecular weight is 432 g/mol. The molecule has 1 aromatic carbocycles. The summed E-state index contributed by atoms with van der Waals surface area (Å²) >= 11 is 0. The van der Waals surface area contributed by atoms with Crippen LogP contribution in [0.2, 0.25) is 0 Å². The van der Waals surface area contributed by atoms with Crippen molar-refractivity contribution in [1.82, 2.24) is 24.9 Å². The molecule has 4 rings (SSSR count). The third-order valence-corrected chi connectivity index (χ3v) is 5.53. The Morgan fingerprint density at radius 2 is 2.00 bits per heavy atom. The first kappa shape index (κ1) is 21.5. The number of amides is 1. The number of aromatic nitrogens is 3.